The Morgan fingerprint density at radius 1 is 1.36 bits per heavy atom. The second-order valence-corrected chi connectivity index (χ2v) is 6.61. The van der Waals surface area contributed by atoms with E-state index in [1.165, 1.54) is 6.42 Å². The topological polar surface area (TPSA) is 50.1 Å². The second kappa shape index (κ2) is 6.23. The number of rotatable bonds is 5. The monoisotopic (exact) mass is 299 g/mol. The van der Waals surface area contributed by atoms with Crippen molar-refractivity contribution >= 4 is 0 Å². The predicted molar refractivity (Wildman–Crippen MR) is 88.0 cm³/mol. The van der Waals surface area contributed by atoms with Gasteiger partial charge < -0.3 is 10.4 Å². The molecule has 1 aromatic heterocycles. The lowest BCUT2D eigenvalue weighted by Gasteiger charge is -2.30. The molecular formula is C18H25N3O. The average Bonchev–Trinajstić information content (AvgIpc) is 3.09. The van der Waals surface area contributed by atoms with Gasteiger partial charge in [0.15, 0.2) is 0 Å². The Balaban J connectivity index is 1.77. The maximum absolute atomic E-state index is 9.67. The van der Waals surface area contributed by atoms with Crippen LogP contribution in [0.25, 0.3) is 5.69 Å². The Labute approximate surface area is 132 Å². The molecule has 2 N–H and O–H groups in total. The standard InChI is InChI=1S/C18H25N3O/c1-14-19-11-16(21(14)15-7-4-3-5-8-15)12-20-17-9-6-10-18(17,2)13-22/h3-5,7-8,11,17,20,22H,6,9-10,12-13H2,1-2H3/t17-,18+/m0/s1. The van der Waals surface area contributed by atoms with Crippen molar-refractivity contribution in [3.63, 3.8) is 0 Å². The normalized spacial score (nSPS) is 24.8. The van der Waals surface area contributed by atoms with Crippen molar-refractivity contribution in [2.24, 2.45) is 5.41 Å². The second-order valence-electron chi connectivity index (χ2n) is 6.61. The molecule has 22 heavy (non-hydrogen) atoms. The number of aromatic nitrogens is 2. The number of aryl methyl sites for hydroxylation is 1. The van der Waals surface area contributed by atoms with Gasteiger partial charge in [0.05, 0.1) is 11.9 Å². The zero-order valence-corrected chi connectivity index (χ0v) is 13.4. The van der Waals surface area contributed by atoms with E-state index in [4.69, 9.17) is 0 Å². The number of nitrogens with one attached hydrogen (secondary N) is 1. The molecule has 1 fully saturated rings. The van der Waals surface area contributed by atoms with Gasteiger partial charge in [-0.2, -0.15) is 0 Å². The van der Waals surface area contributed by atoms with Crippen LogP contribution in [-0.2, 0) is 6.54 Å². The van der Waals surface area contributed by atoms with Gasteiger partial charge in [-0.15, -0.1) is 0 Å². The van der Waals surface area contributed by atoms with Gasteiger partial charge in [0, 0.05) is 30.3 Å². The molecule has 2 atom stereocenters. The van der Waals surface area contributed by atoms with E-state index in [0.29, 0.717) is 6.04 Å². The molecule has 1 saturated carbocycles. The van der Waals surface area contributed by atoms with E-state index >= 15 is 0 Å². The summed E-state index contributed by atoms with van der Waals surface area (Å²) in [6, 6.07) is 10.7. The van der Waals surface area contributed by atoms with Gasteiger partial charge in [0.1, 0.15) is 5.82 Å². The molecule has 4 nitrogen and oxygen atoms in total. The van der Waals surface area contributed by atoms with Crippen molar-refractivity contribution in [1.82, 2.24) is 14.9 Å². The molecular weight excluding hydrogens is 274 g/mol. The Bertz CT molecular complexity index is 623. The molecule has 1 aliphatic carbocycles. The van der Waals surface area contributed by atoms with Crippen molar-refractivity contribution in [3.05, 3.63) is 48.0 Å². The maximum Gasteiger partial charge on any atom is 0.110 e. The van der Waals surface area contributed by atoms with Crippen LogP contribution in [0.2, 0.25) is 0 Å². The lowest BCUT2D eigenvalue weighted by Crippen LogP contribution is -2.41. The fourth-order valence-electron chi connectivity index (χ4n) is 3.54. The molecule has 0 bridgehead atoms. The number of hydrogen-bond donors (Lipinski definition) is 2. The highest BCUT2D eigenvalue weighted by atomic mass is 16.3. The SMILES string of the molecule is Cc1ncc(CN[C@H]2CCC[C@]2(C)CO)n1-c1ccccc1. The van der Waals surface area contributed by atoms with Crippen LogP contribution in [-0.4, -0.2) is 27.3 Å². The molecule has 0 spiro atoms. The number of imidazole rings is 1. The Morgan fingerprint density at radius 2 is 2.14 bits per heavy atom. The molecule has 2 aromatic rings. The summed E-state index contributed by atoms with van der Waals surface area (Å²) >= 11 is 0. The first-order chi connectivity index (χ1) is 10.6. The van der Waals surface area contributed by atoms with Crippen LogP contribution in [0.5, 0.6) is 0 Å². The van der Waals surface area contributed by atoms with Gasteiger partial charge in [-0.25, -0.2) is 4.98 Å². The third-order valence-electron chi connectivity index (χ3n) is 5.00. The summed E-state index contributed by atoms with van der Waals surface area (Å²) in [7, 11) is 0. The highest BCUT2D eigenvalue weighted by Crippen LogP contribution is 2.37. The van der Waals surface area contributed by atoms with Crippen molar-refractivity contribution in [2.45, 2.75) is 45.7 Å². The van der Waals surface area contributed by atoms with Crippen molar-refractivity contribution < 1.29 is 5.11 Å². The Hall–Kier alpha value is -1.65. The zero-order chi connectivity index (χ0) is 15.6. The molecule has 0 unspecified atom stereocenters. The molecule has 4 heteroatoms. The Morgan fingerprint density at radius 3 is 2.86 bits per heavy atom. The van der Waals surface area contributed by atoms with Crippen LogP contribution in [0, 0.1) is 12.3 Å². The summed E-state index contributed by atoms with van der Waals surface area (Å²) in [5.74, 6) is 0.999. The van der Waals surface area contributed by atoms with Gasteiger partial charge in [-0.1, -0.05) is 31.5 Å². The maximum atomic E-state index is 9.67. The fraction of sp³-hybridized carbons (Fsp3) is 0.500. The van der Waals surface area contributed by atoms with Crippen molar-refractivity contribution in [3.8, 4) is 5.69 Å². The number of para-hydroxylation sites is 1. The third-order valence-corrected chi connectivity index (χ3v) is 5.00. The van der Waals surface area contributed by atoms with Crippen LogP contribution < -0.4 is 5.32 Å². The van der Waals surface area contributed by atoms with E-state index in [-0.39, 0.29) is 12.0 Å². The van der Waals surface area contributed by atoms with Crippen molar-refractivity contribution in [1.29, 1.82) is 0 Å². The van der Waals surface area contributed by atoms with Gasteiger partial charge in [-0.3, -0.25) is 4.57 Å². The van der Waals surface area contributed by atoms with Crippen molar-refractivity contribution in [2.75, 3.05) is 6.61 Å². The van der Waals surface area contributed by atoms with E-state index in [1.807, 2.05) is 31.3 Å². The number of aliphatic hydroxyl groups excluding tert-OH is 1. The van der Waals surface area contributed by atoms with Crippen LogP contribution in [0.15, 0.2) is 36.5 Å². The largest absolute Gasteiger partial charge is 0.396 e. The highest BCUT2D eigenvalue weighted by molar-refractivity contribution is 5.35. The fourth-order valence-corrected chi connectivity index (χ4v) is 3.54. The lowest BCUT2D eigenvalue weighted by molar-refractivity contribution is 0.118. The molecule has 118 valence electrons. The molecule has 0 aliphatic heterocycles. The molecule has 3 rings (SSSR count). The van der Waals surface area contributed by atoms with Gasteiger partial charge >= 0.3 is 0 Å². The van der Waals surface area contributed by atoms with E-state index < -0.39 is 0 Å². The van der Waals surface area contributed by atoms with Crippen LogP contribution >= 0.6 is 0 Å². The summed E-state index contributed by atoms with van der Waals surface area (Å²) in [6.45, 7) is 5.24. The van der Waals surface area contributed by atoms with E-state index in [1.54, 1.807) is 0 Å². The minimum Gasteiger partial charge on any atom is -0.396 e. The Kier molecular flexibility index (Phi) is 4.32. The van der Waals surface area contributed by atoms with E-state index in [9.17, 15) is 5.11 Å². The van der Waals surface area contributed by atoms with Crippen LogP contribution in [0.3, 0.4) is 0 Å². The summed E-state index contributed by atoms with van der Waals surface area (Å²) in [6.07, 6.45) is 5.36. The predicted octanol–water partition coefficient (Wildman–Crippen LogP) is 2.82. The minimum atomic E-state index is 0.00659. The smallest absolute Gasteiger partial charge is 0.110 e. The van der Waals surface area contributed by atoms with Gasteiger partial charge in [-0.05, 0) is 31.9 Å². The molecule has 0 radical (unpaired) electrons. The number of benzene rings is 1. The summed E-state index contributed by atoms with van der Waals surface area (Å²) < 4.78 is 2.19. The van der Waals surface area contributed by atoms with Gasteiger partial charge in [0.25, 0.3) is 0 Å². The molecule has 1 aliphatic rings. The molecule has 0 amide bonds. The quantitative estimate of drug-likeness (QED) is 0.892. The van der Waals surface area contributed by atoms with E-state index in [2.05, 4.69) is 33.9 Å². The molecule has 1 aromatic carbocycles. The van der Waals surface area contributed by atoms with E-state index in [0.717, 1.165) is 36.6 Å². The number of aliphatic hydroxyl groups is 1. The summed E-state index contributed by atoms with van der Waals surface area (Å²) in [5.41, 5.74) is 2.31. The first-order valence-corrected chi connectivity index (χ1v) is 8.07. The number of nitrogens with zero attached hydrogens (tertiary/aromatic N) is 2. The third kappa shape index (κ3) is 2.81. The minimum absolute atomic E-state index is 0.00659. The molecule has 0 saturated heterocycles. The average molecular weight is 299 g/mol. The first-order valence-electron chi connectivity index (χ1n) is 8.07. The molecule has 1 heterocycles. The number of hydrogen-bond acceptors (Lipinski definition) is 3. The van der Waals surface area contributed by atoms with Crippen LogP contribution in [0.1, 0.15) is 37.7 Å². The summed E-state index contributed by atoms with van der Waals surface area (Å²) in [5, 5.41) is 13.3. The zero-order valence-electron chi connectivity index (χ0n) is 13.4. The summed E-state index contributed by atoms with van der Waals surface area (Å²) in [4.78, 5) is 4.47. The van der Waals surface area contributed by atoms with Crippen LogP contribution in [0.4, 0.5) is 0 Å². The van der Waals surface area contributed by atoms with Gasteiger partial charge in [0.2, 0.25) is 0 Å². The first kappa shape index (κ1) is 15.3. The lowest BCUT2D eigenvalue weighted by atomic mass is 9.86. The highest BCUT2D eigenvalue weighted by Gasteiger charge is 2.37.